The number of methoxy groups -OCH3 is 1. The second-order valence-corrected chi connectivity index (χ2v) is 6.63. The Morgan fingerprint density at radius 2 is 1.59 bits per heavy atom. The number of aliphatic hydroxyl groups excluding tert-OH is 1. The predicted molar refractivity (Wildman–Crippen MR) is 88.2 cm³/mol. The van der Waals surface area contributed by atoms with Crippen LogP contribution >= 0.6 is 0 Å². The van der Waals surface area contributed by atoms with Crippen LogP contribution in [0.5, 0.6) is 0 Å². The molecule has 132 valence electrons. The van der Waals surface area contributed by atoms with Crippen molar-refractivity contribution in [3.8, 4) is 0 Å². The fourth-order valence-electron chi connectivity index (χ4n) is 1.62. The monoisotopic (exact) mass is 318 g/mol. The minimum atomic E-state index is -0.605. The average Bonchev–Trinajstić information content (AvgIpc) is 2.43. The Bertz CT molecular complexity index is 289. The third kappa shape index (κ3) is 12.1. The van der Waals surface area contributed by atoms with Crippen molar-refractivity contribution in [1.82, 2.24) is 0 Å². The van der Waals surface area contributed by atoms with Crippen molar-refractivity contribution in [3.05, 3.63) is 12.7 Å². The van der Waals surface area contributed by atoms with E-state index in [0.29, 0.717) is 19.8 Å². The summed E-state index contributed by atoms with van der Waals surface area (Å²) in [5.41, 5.74) is -0.420. The molecule has 0 saturated heterocycles. The Morgan fingerprint density at radius 3 is 2.18 bits per heavy atom. The van der Waals surface area contributed by atoms with Crippen molar-refractivity contribution >= 4 is 0 Å². The molecular weight excluding hydrogens is 284 g/mol. The van der Waals surface area contributed by atoms with E-state index >= 15 is 0 Å². The van der Waals surface area contributed by atoms with Gasteiger partial charge in [0.2, 0.25) is 0 Å². The molecule has 0 aliphatic rings. The molecule has 0 aliphatic heterocycles. The molecule has 0 rings (SSSR count). The van der Waals surface area contributed by atoms with E-state index in [0.717, 1.165) is 12.8 Å². The second kappa shape index (κ2) is 11.1. The number of rotatable bonds is 14. The Kier molecular flexibility index (Phi) is 10.9. The summed E-state index contributed by atoms with van der Waals surface area (Å²) in [6, 6.07) is 0. The molecule has 1 atom stereocenters. The molecule has 1 N–H and O–H groups in total. The van der Waals surface area contributed by atoms with E-state index in [2.05, 4.69) is 6.58 Å². The van der Waals surface area contributed by atoms with Gasteiger partial charge >= 0.3 is 0 Å². The highest BCUT2D eigenvalue weighted by atomic mass is 16.5. The zero-order valence-corrected chi connectivity index (χ0v) is 14.9. The largest absolute Gasteiger partial charge is 0.388 e. The van der Waals surface area contributed by atoms with Crippen molar-refractivity contribution in [2.24, 2.45) is 0 Å². The zero-order valence-electron chi connectivity index (χ0n) is 14.9. The summed E-state index contributed by atoms with van der Waals surface area (Å²) < 4.78 is 21.9. The maximum atomic E-state index is 9.63. The van der Waals surface area contributed by atoms with Crippen LogP contribution in [0, 0.1) is 0 Å². The highest BCUT2D eigenvalue weighted by Gasteiger charge is 2.21. The second-order valence-electron chi connectivity index (χ2n) is 6.63. The van der Waals surface area contributed by atoms with Gasteiger partial charge in [0, 0.05) is 13.7 Å². The molecule has 0 saturated carbocycles. The summed E-state index contributed by atoms with van der Waals surface area (Å²) in [6.07, 6.45) is 2.65. The maximum absolute atomic E-state index is 9.63. The lowest BCUT2D eigenvalue weighted by Gasteiger charge is -2.29. The van der Waals surface area contributed by atoms with Crippen LogP contribution in [0.4, 0.5) is 0 Å². The standard InChI is InChI=1S/C17H34O5/c1-7-10-20-13-15(18)14-21-11-8-17(4,5)22-12-9-16(2,3)19-6/h7,15,18H,1,8-14H2,2-6H3. The molecule has 0 aromatic carbocycles. The van der Waals surface area contributed by atoms with Crippen molar-refractivity contribution in [1.29, 1.82) is 0 Å². The normalized spacial score (nSPS) is 14.1. The van der Waals surface area contributed by atoms with E-state index in [-0.39, 0.29) is 24.4 Å². The lowest BCUT2D eigenvalue weighted by molar-refractivity contribution is -0.0759. The summed E-state index contributed by atoms with van der Waals surface area (Å²) in [6.45, 7) is 13.9. The fraction of sp³-hybridized carbons (Fsp3) is 0.882. The van der Waals surface area contributed by atoms with Gasteiger partial charge in [-0.25, -0.2) is 0 Å². The van der Waals surface area contributed by atoms with Gasteiger partial charge in [0.1, 0.15) is 6.10 Å². The molecule has 22 heavy (non-hydrogen) atoms. The molecule has 1 unspecified atom stereocenters. The van der Waals surface area contributed by atoms with Crippen molar-refractivity contribution in [2.45, 2.75) is 57.8 Å². The van der Waals surface area contributed by atoms with Crippen LogP contribution < -0.4 is 0 Å². The molecule has 0 aromatic rings. The first-order chi connectivity index (χ1) is 10.2. The van der Waals surface area contributed by atoms with Gasteiger partial charge in [-0.05, 0) is 40.5 Å². The third-order valence-corrected chi connectivity index (χ3v) is 3.45. The average molecular weight is 318 g/mol. The summed E-state index contributed by atoms with van der Waals surface area (Å²) in [5, 5.41) is 9.63. The highest BCUT2D eigenvalue weighted by molar-refractivity contribution is 4.72. The first-order valence-electron chi connectivity index (χ1n) is 7.86. The summed E-state index contributed by atoms with van der Waals surface area (Å²) in [7, 11) is 1.71. The molecule has 5 heteroatoms. The van der Waals surface area contributed by atoms with E-state index in [9.17, 15) is 5.11 Å². The van der Waals surface area contributed by atoms with E-state index in [1.165, 1.54) is 0 Å². The van der Waals surface area contributed by atoms with Crippen molar-refractivity contribution < 1.29 is 24.1 Å². The Hall–Kier alpha value is -0.460. The molecule has 0 fully saturated rings. The lowest BCUT2D eigenvalue weighted by Crippen LogP contribution is -2.31. The van der Waals surface area contributed by atoms with Crippen LogP contribution in [-0.2, 0) is 18.9 Å². The molecule has 0 radical (unpaired) electrons. The first kappa shape index (κ1) is 21.5. The first-order valence-corrected chi connectivity index (χ1v) is 7.86. The topological polar surface area (TPSA) is 57.2 Å². The fourth-order valence-corrected chi connectivity index (χ4v) is 1.62. The van der Waals surface area contributed by atoms with Gasteiger partial charge < -0.3 is 24.1 Å². The minimum absolute atomic E-state index is 0.165. The molecule has 0 aliphatic carbocycles. The van der Waals surface area contributed by atoms with Gasteiger partial charge in [-0.15, -0.1) is 6.58 Å². The van der Waals surface area contributed by atoms with E-state index in [4.69, 9.17) is 18.9 Å². The van der Waals surface area contributed by atoms with Gasteiger partial charge in [-0.1, -0.05) is 6.08 Å². The molecule has 0 aromatic heterocycles. The molecule has 0 bridgehead atoms. The number of hydrogen-bond donors (Lipinski definition) is 1. The van der Waals surface area contributed by atoms with Crippen LogP contribution in [0.3, 0.4) is 0 Å². The Labute approximate surface area is 135 Å². The summed E-state index contributed by atoms with van der Waals surface area (Å²) in [4.78, 5) is 0. The number of hydrogen-bond acceptors (Lipinski definition) is 5. The summed E-state index contributed by atoms with van der Waals surface area (Å²) in [5.74, 6) is 0. The predicted octanol–water partition coefficient (Wildman–Crippen LogP) is 2.57. The van der Waals surface area contributed by atoms with Gasteiger partial charge in [-0.2, -0.15) is 0 Å². The zero-order chi connectivity index (χ0) is 17.1. The SMILES string of the molecule is C=CCOCC(O)COCCC(C)(C)OCCC(C)(C)OC. The third-order valence-electron chi connectivity index (χ3n) is 3.45. The smallest absolute Gasteiger partial charge is 0.101 e. The van der Waals surface area contributed by atoms with Gasteiger partial charge in [0.25, 0.3) is 0 Å². The minimum Gasteiger partial charge on any atom is -0.388 e. The van der Waals surface area contributed by atoms with Crippen molar-refractivity contribution in [2.75, 3.05) is 40.1 Å². The molecule has 0 heterocycles. The quantitative estimate of drug-likeness (QED) is 0.394. The molecule has 0 amide bonds. The van der Waals surface area contributed by atoms with Crippen LogP contribution in [0.25, 0.3) is 0 Å². The van der Waals surface area contributed by atoms with Gasteiger partial charge in [0.05, 0.1) is 37.6 Å². The van der Waals surface area contributed by atoms with Crippen LogP contribution in [-0.4, -0.2) is 62.6 Å². The van der Waals surface area contributed by atoms with Crippen LogP contribution in [0.2, 0.25) is 0 Å². The summed E-state index contributed by atoms with van der Waals surface area (Å²) >= 11 is 0. The van der Waals surface area contributed by atoms with E-state index in [1.54, 1.807) is 13.2 Å². The van der Waals surface area contributed by atoms with E-state index in [1.807, 2.05) is 27.7 Å². The maximum Gasteiger partial charge on any atom is 0.101 e. The molecular formula is C17H34O5. The number of aliphatic hydroxyl groups is 1. The van der Waals surface area contributed by atoms with Gasteiger partial charge in [-0.3, -0.25) is 0 Å². The van der Waals surface area contributed by atoms with Crippen LogP contribution in [0.1, 0.15) is 40.5 Å². The Morgan fingerprint density at radius 1 is 1.00 bits per heavy atom. The van der Waals surface area contributed by atoms with E-state index < -0.39 is 6.10 Å². The molecule has 0 spiro atoms. The lowest BCUT2D eigenvalue weighted by atomic mass is 10.0. The highest BCUT2D eigenvalue weighted by Crippen LogP contribution is 2.18. The number of ether oxygens (including phenoxy) is 4. The van der Waals surface area contributed by atoms with Crippen LogP contribution in [0.15, 0.2) is 12.7 Å². The molecule has 5 nitrogen and oxygen atoms in total. The van der Waals surface area contributed by atoms with Gasteiger partial charge in [0.15, 0.2) is 0 Å². The van der Waals surface area contributed by atoms with Crippen molar-refractivity contribution in [3.63, 3.8) is 0 Å². The Balaban J connectivity index is 3.73.